The van der Waals surface area contributed by atoms with Crippen molar-refractivity contribution in [2.75, 3.05) is 6.61 Å². The summed E-state index contributed by atoms with van der Waals surface area (Å²) in [6.45, 7) is 3.87. The van der Waals surface area contributed by atoms with E-state index in [2.05, 4.69) is 11.9 Å². The fraction of sp³-hybridized carbons (Fsp3) is 0.600. The maximum Gasteiger partial charge on any atom is 0.213 e. The molecule has 1 N–H and O–H groups in total. The Morgan fingerprint density at radius 1 is 1.60 bits per heavy atom. The molecule has 0 spiro atoms. The maximum atomic E-state index is 5.55. The predicted molar refractivity (Wildman–Crippen MR) is 42.3 cm³/mol. The predicted octanol–water partition coefficient (Wildman–Crippen LogP) is 1.82. The lowest BCUT2D eigenvalue weighted by molar-refractivity contribution is 0.256. The molecule has 58 valence electrons. The van der Waals surface area contributed by atoms with Crippen LogP contribution in [0.15, 0.2) is 12.5 Å². The third-order valence-electron chi connectivity index (χ3n) is 1.15. The second-order valence-corrected chi connectivity index (χ2v) is 4.34. The molecule has 0 bridgehead atoms. The van der Waals surface area contributed by atoms with E-state index in [0.29, 0.717) is 12.5 Å². The van der Waals surface area contributed by atoms with E-state index < -0.39 is 3.79 Å². The van der Waals surface area contributed by atoms with Gasteiger partial charge < -0.3 is 10.1 Å². The highest BCUT2D eigenvalue weighted by atomic mass is 35.6. The molecule has 0 aromatic heterocycles. The zero-order valence-electron chi connectivity index (χ0n) is 5.03. The van der Waals surface area contributed by atoms with Gasteiger partial charge in [-0.25, -0.2) is 0 Å². The van der Waals surface area contributed by atoms with E-state index in [1.54, 1.807) is 0 Å². The summed E-state index contributed by atoms with van der Waals surface area (Å²) in [5, 5.41) is 2.78. The van der Waals surface area contributed by atoms with Gasteiger partial charge in [0.05, 0.1) is 0 Å². The fourth-order valence-corrected chi connectivity index (χ4v) is 0.991. The van der Waals surface area contributed by atoms with Gasteiger partial charge in [0.15, 0.2) is 5.88 Å². The van der Waals surface area contributed by atoms with Gasteiger partial charge in [0.25, 0.3) is 0 Å². The molecule has 1 aliphatic heterocycles. The van der Waals surface area contributed by atoms with E-state index in [4.69, 9.17) is 39.5 Å². The van der Waals surface area contributed by atoms with E-state index in [-0.39, 0.29) is 6.04 Å². The Morgan fingerprint density at radius 2 is 2.20 bits per heavy atom. The Hall–Kier alpha value is 0.210. The number of hydrogen-bond donors (Lipinski definition) is 1. The van der Waals surface area contributed by atoms with Crippen LogP contribution in [-0.2, 0) is 4.74 Å². The Bertz CT molecular complexity index is 153. The first-order valence-electron chi connectivity index (χ1n) is 2.65. The van der Waals surface area contributed by atoms with Gasteiger partial charge in [0.1, 0.15) is 12.6 Å². The Morgan fingerprint density at radius 3 is 2.40 bits per heavy atom. The third-order valence-corrected chi connectivity index (χ3v) is 1.94. The molecule has 10 heavy (non-hydrogen) atoms. The van der Waals surface area contributed by atoms with Gasteiger partial charge in [-0.2, -0.15) is 0 Å². The molecule has 0 aromatic carbocycles. The molecule has 0 aromatic rings. The van der Waals surface area contributed by atoms with E-state index >= 15 is 0 Å². The Balaban J connectivity index is 2.53. The molecular formula is C5H6Cl3NO. The summed E-state index contributed by atoms with van der Waals surface area (Å²) >= 11 is 16.7. The van der Waals surface area contributed by atoms with Gasteiger partial charge in [-0.15, -0.1) is 0 Å². The van der Waals surface area contributed by atoms with Crippen LogP contribution in [0.1, 0.15) is 0 Å². The minimum absolute atomic E-state index is 0.287. The lowest BCUT2D eigenvalue weighted by atomic mass is 10.4. The highest BCUT2D eigenvalue weighted by molar-refractivity contribution is 6.68. The summed E-state index contributed by atoms with van der Waals surface area (Å²) in [7, 11) is 0. The average Bonchev–Trinajstić information content (AvgIpc) is 2.11. The maximum absolute atomic E-state index is 5.55. The zero-order chi connectivity index (χ0) is 7.78. The summed E-state index contributed by atoms with van der Waals surface area (Å²) in [5.41, 5.74) is 0. The fourth-order valence-electron chi connectivity index (χ4n) is 0.638. The molecule has 5 heteroatoms. The first-order chi connectivity index (χ1) is 4.50. The van der Waals surface area contributed by atoms with Crippen molar-refractivity contribution in [1.82, 2.24) is 5.32 Å². The second kappa shape index (κ2) is 2.68. The molecule has 1 atom stereocenters. The van der Waals surface area contributed by atoms with E-state index in [1.807, 2.05) is 0 Å². The van der Waals surface area contributed by atoms with Crippen molar-refractivity contribution in [3.8, 4) is 0 Å². The standard InChI is InChI=1S/C5H6Cl3NO/c1-3-9-4(2-10-3)5(6,7)8/h4,9H,1-2H2. The van der Waals surface area contributed by atoms with Crippen LogP contribution in [0.5, 0.6) is 0 Å². The normalized spacial score (nSPS) is 25.9. The van der Waals surface area contributed by atoms with Crippen molar-refractivity contribution in [3.63, 3.8) is 0 Å². The van der Waals surface area contributed by atoms with Gasteiger partial charge >= 0.3 is 0 Å². The van der Waals surface area contributed by atoms with Crippen molar-refractivity contribution in [2.45, 2.75) is 9.83 Å². The number of nitrogens with one attached hydrogen (secondary N) is 1. The minimum atomic E-state index is -1.32. The number of hydrogen-bond acceptors (Lipinski definition) is 2. The smallest absolute Gasteiger partial charge is 0.213 e. The highest BCUT2D eigenvalue weighted by Gasteiger charge is 2.36. The molecule has 0 saturated carbocycles. The van der Waals surface area contributed by atoms with Crippen molar-refractivity contribution in [3.05, 3.63) is 12.5 Å². The van der Waals surface area contributed by atoms with Crippen LogP contribution in [0, 0.1) is 0 Å². The number of ether oxygens (including phenoxy) is 1. The largest absolute Gasteiger partial charge is 0.477 e. The van der Waals surface area contributed by atoms with Gasteiger partial charge in [-0.1, -0.05) is 34.8 Å². The van der Waals surface area contributed by atoms with Crippen LogP contribution in [-0.4, -0.2) is 16.4 Å². The summed E-state index contributed by atoms with van der Waals surface area (Å²) in [6, 6.07) is -0.287. The SMILES string of the molecule is C=C1NC(C(Cl)(Cl)Cl)CO1. The molecule has 0 aliphatic carbocycles. The van der Waals surface area contributed by atoms with E-state index in [0.717, 1.165) is 0 Å². The molecule has 1 heterocycles. The van der Waals surface area contributed by atoms with E-state index in [1.165, 1.54) is 0 Å². The van der Waals surface area contributed by atoms with Gasteiger partial charge in [0, 0.05) is 0 Å². The Kier molecular flexibility index (Phi) is 2.23. The van der Waals surface area contributed by atoms with Gasteiger partial charge in [-0.3, -0.25) is 0 Å². The van der Waals surface area contributed by atoms with Crippen molar-refractivity contribution < 1.29 is 4.74 Å². The van der Waals surface area contributed by atoms with Crippen molar-refractivity contribution >= 4 is 34.8 Å². The van der Waals surface area contributed by atoms with Gasteiger partial charge in [0.2, 0.25) is 3.79 Å². The number of rotatable bonds is 0. The number of halogens is 3. The number of alkyl halides is 3. The van der Waals surface area contributed by atoms with Crippen LogP contribution in [0.2, 0.25) is 0 Å². The quantitative estimate of drug-likeness (QED) is 0.605. The van der Waals surface area contributed by atoms with Crippen LogP contribution in [0.25, 0.3) is 0 Å². The topological polar surface area (TPSA) is 21.3 Å². The van der Waals surface area contributed by atoms with Crippen molar-refractivity contribution in [1.29, 1.82) is 0 Å². The molecule has 1 aliphatic rings. The first-order valence-corrected chi connectivity index (χ1v) is 3.78. The summed E-state index contributed by atoms with van der Waals surface area (Å²) in [6.07, 6.45) is 0. The average molecular weight is 202 g/mol. The summed E-state index contributed by atoms with van der Waals surface area (Å²) in [5.74, 6) is 0.455. The Labute approximate surface area is 74.1 Å². The molecule has 1 fully saturated rings. The van der Waals surface area contributed by atoms with E-state index in [9.17, 15) is 0 Å². The third kappa shape index (κ3) is 1.84. The first kappa shape index (κ1) is 8.31. The molecule has 1 rings (SSSR count). The lowest BCUT2D eigenvalue weighted by Gasteiger charge is -2.16. The molecule has 0 radical (unpaired) electrons. The minimum Gasteiger partial charge on any atom is -0.477 e. The molecule has 1 unspecified atom stereocenters. The van der Waals surface area contributed by atoms with Crippen LogP contribution < -0.4 is 5.32 Å². The van der Waals surface area contributed by atoms with Crippen molar-refractivity contribution in [2.24, 2.45) is 0 Å². The van der Waals surface area contributed by atoms with Gasteiger partial charge in [-0.05, 0) is 6.58 Å². The molecule has 1 saturated heterocycles. The zero-order valence-corrected chi connectivity index (χ0v) is 7.30. The highest BCUT2D eigenvalue weighted by Crippen LogP contribution is 2.32. The molecular weight excluding hydrogens is 196 g/mol. The van der Waals surface area contributed by atoms with Crippen LogP contribution in [0.4, 0.5) is 0 Å². The monoisotopic (exact) mass is 201 g/mol. The summed E-state index contributed by atoms with van der Waals surface area (Å²) < 4.78 is 3.61. The van der Waals surface area contributed by atoms with Crippen LogP contribution in [0.3, 0.4) is 0 Å². The lowest BCUT2D eigenvalue weighted by Crippen LogP contribution is -2.36. The van der Waals surface area contributed by atoms with Crippen LogP contribution >= 0.6 is 34.8 Å². The molecule has 0 amide bonds. The summed E-state index contributed by atoms with van der Waals surface area (Å²) in [4.78, 5) is 0. The second-order valence-electron chi connectivity index (χ2n) is 1.97. The molecule has 2 nitrogen and oxygen atoms in total.